The number of halogens is 1. The summed E-state index contributed by atoms with van der Waals surface area (Å²) < 4.78 is 6.52. The van der Waals surface area contributed by atoms with Gasteiger partial charge in [0, 0.05) is 12.5 Å². The Hall–Kier alpha value is -2.08. The van der Waals surface area contributed by atoms with E-state index in [-0.39, 0.29) is 16.8 Å². The lowest BCUT2D eigenvalue weighted by Crippen LogP contribution is -2.00. The molecule has 0 spiro atoms. The largest absolute Gasteiger partial charge is 0.497 e. The molecular formula is C14H16ClN3O3. The van der Waals surface area contributed by atoms with Crippen LogP contribution in [0.15, 0.2) is 24.3 Å². The van der Waals surface area contributed by atoms with Gasteiger partial charge >= 0.3 is 5.69 Å². The zero-order valence-corrected chi connectivity index (χ0v) is 12.8. The highest BCUT2D eigenvalue weighted by atomic mass is 35.5. The number of aromatic nitrogens is 2. The Bertz CT molecular complexity index is 667. The second-order valence-electron chi connectivity index (χ2n) is 5.05. The molecule has 0 bridgehead atoms. The van der Waals surface area contributed by atoms with Gasteiger partial charge in [-0.05, 0) is 18.1 Å². The number of rotatable bonds is 5. The molecule has 0 unspecified atom stereocenters. The molecule has 1 aromatic carbocycles. The summed E-state index contributed by atoms with van der Waals surface area (Å²) in [6.07, 6.45) is 0.493. The summed E-state index contributed by atoms with van der Waals surface area (Å²) in [5.41, 5.74) is 0.883. The van der Waals surface area contributed by atoms with Crippen molar-refractivity contribution in [1.29, 1.82) is 0 Å². The first-order valence-corrected chi connectivity index (χ1v) is 6.88. The molecule has 1 heterocycles. The summed E-state index contributed by atoms with van der Waals surface area (Å²) in [7, 11) is 1.55. The fraction of sp³-hybridized carbons (Fsp3) is 0.357. The summed E-state index contributed by atoms with van der Waals surface area (Å²) in [5.74, 6) is 0.876. The molecule has 0 aliphatic carbocycles. The third-order valence-electron chi connectivity index (χ3n) is 2.96. The van der Waals surface area contributed by atoms with Crippen molar-refractivity contribution in [3.8, 4) is 11.4 Å². The van der Waals surface area contributed by atoms with Crippen LogP contribution >= 0.6 is 11.6 Å². The molecule has 0 amide bonds. The van der Waals surface area contributed by atoms with Crippen molar-refractivity contribution in [2.45, 2.75) is 20.3 Å². The number of nitrogens with zero attached hydrogens (tertiary/aromatic N) is 3. The number of hydrogen-bond acceptors (Lipinski definition) is 4. The highest BCUT2D eigenvalue weighted by molar-refractivity contribution is 6.32. The second-order valence-corrected chi connectivity index (χ2v) is 5.41. The summed E-state index contributed by atoms with van der Waals surface area (Å²) in [6, 6.07) is 7.05. The molecule has 2 aromatic rings. The minimum Gasteiger partial charge on any atom is -0.497 e. The maximum Gasteiger partial charge on any atom is 0.329 e. The van der Waals surface area contributed by atoms with Crippen molar-refractivity contribution < 1.29 is 9.66 Å². The van der Waals surface area contributed by atoms with Gasteiger partial charge in [-0.2, -0.15) is 5.10 Å². The topological polar surface area (TPSA) is 70.2 Å². The Morgan fingerprint density at radius 2 is 2.19 bits per heavy atom. The minimum atomic E-state index is -0.482. The average molecular weight is 310 g/mol. The third kappa shape index (κ3) is 3.16. The summed E-state index contributed by atoms with van der Waals surface area (Å²) in [4.78, 5) is 10.8. The molecule has 0 aliphatic rings. The molecular weight excluding hydrogens is 294 g/mol. The lowest BCUT2D eigenvalue weighted by atomic mass is 10.1. The van der Waals surface area contributed by atoms with Crippen molar-refractivity contribution in [3.63, 3.8) is 0 Å². The van der Waals surface area contributed by atoms with E-state index in [1.54, 1.807) is 31.4 Å². The summed E-state index contributed by atoms with van der Waals surface area (Å²) in [6.45, 7) is 3.95. The molecule has 0 aliphatic heterocycles. The van der Waals surface area contributed by atoms with E-state index in [0.717, 1.165) is 0 Å². The Balaban J connectivity index is 2.56. The van der Waals surface area contributed by atoms with E-state index >= 15 is 0 Å². The minimum absolute atomic E-state index is 0.00361. The van der Waals surface area contributed by atoms with Crippen molar-refractivity contribution in [2.24, 2.45) is 5.92 Å². The quantitative estimate of drug-likeness (QED) is 0.624. The fourth-order valence-corrected chi connectivity index (χ4v) is 2.36. The highest BCUT2D eigenvalue weighted by Crippen LogP contribution is 2.32. The molecule has 112 valence electrons. The van der Waals surface area contributed by atoms with Crippen molar-refractivity contribution in [2.75, 3.05) is 7.11 Å². The molecule has 0 N–H and O–H groups in total. The zero-order chi connectivity index (χ0) is 15.6. The molecule has 6 nitrogen and oxygen atoms in total. The number of nitro groups is 1. The Labute approximate surface area is 127 Å². The van der Waals surface area contributed by atoms with Crippen LogP contribution in [0.4, 0.5) is 5.69 Å². The molecule has 0 saturated heterocycles. The number of benzene rings is 1. The van der Waals surface area contributed by atoms with Gasteiger partial charge in [0.25, 0.3) is 0 Å². The first kappa shape index (κ1) is 15.3. The van der Waals surface area contributed by atoms with Gasteiger partial charge in [0.2, 0.25) is 5.15 Å². The first-order chi connectivity index (χ1) is 9.93. The number of ether oxygens (including phenoxy) is 1. The van der Waals surface area contributed by atoms with E-state index in [4.69, 9.17) is 16.3 Å². The van der Waals surface area contributed by atoms with Gasteiger partial charge < -0.3 is 4.74 Å². The van der Waals surface area contributed by atoms with E-state index in [2.05, 4.69) is 5.10 Å². The van der Waals surface area contributed by atoms with Crippen LogP contribution in [0.1, 0.15) is 19.5 Å². The van der Waals surface area contributed by atoms with Gasteiger partial charge in [-0.3, -0.25) is 10.1 Å². The van der Waals surface area contributed by atoms with Crippen LogP contribution in [-0.2, 0) is 6.42 Å². The van der Waals surface area contributed by atoms with Crippen LogP contribution in [0.2, 0.25) is 5.15 Å². The number of methoxy groups -OCH3 is 1. The molecule has 21 heavy (non-hydrogen) atoms. The molecule has 2 rings (SSSR count). The second kappa shape index (κ2) is 6.13. The molecule has 0 saturated carbocycles. The molecule has 0 radical (unpaired) electrons. The average Bonchev–Trinajstić information content (AvgIpc) is 2.74. The van der Waals surface area contributed by atoms with E-state index in [1.165, 1.54) is 4.68 Å². The van der Waals surface area contributed by atoms with Crippen molar-refractivity contribution in [3.05, 3.63) is 45.2 Å². The summed E-state index contributed by atoms with van der Waals surface area (Å²) in [5, 5.41) is 15.5. The molecule has 0 atom stereocenters. The van der Waals surface area contributed by atoms with Crippen LogP contribution in [0.5, 0.6) is 5.75 Å². The van der Waals surface area contributed by atoms with Crippen molar-refractivity contribution in [1.82, 2.24) is 9.78 Å². The predicted octanol–water partition coefficient (Wildman–Crippen LogP) is 3.64. The maximum absolute atomic E-state index is 11.2. The predicted molar refractivity (Wildman–Crippen MR) is 80.3 cm³/mol. The lowest BCUT2D eigenvalue weighted by Gasteiger charge is -2.05. The van der Waals surface area contributed by atoms with Gasteiger partial charge in [0.05, 0.1) is 17.7 Å². The van der Waals surface area contributed by atoms with Gasteiger partial charge in [-0.25, -0.2) is 4.68 Å². The zero-order valence-electron chi connectivity index (χ0n) is 12.0. The first-order valence-electron chi connectivity index (χ1n) is 6.50. The molecule has 0 fully saturated rings. The Morgan fingerprint density at radius 3 is 2.76 bits per heavy atom. The maximum atomic E-state index is 11.2. The van der Waals surface area contributed by atoms with E-state index < -0.39 is 4.92 Å². The molecule has 7 heteroatoms. The van der Waals surface area contributed by atoms with Gasteiger partial charge in [0.15, 0.2) is 0 Å². The van der Waals surface area contributed by atoms with Crippen LogP contribution in [0.3, 0.4) is 0 Å². The Morgan fingerprint density at radius 1 is 1.48 bits per heavy atom. The van der Waals surface area contributed by atoms with Crippen LogP contribution < -0.4 is 4.74 Å². The van der Waals surface area contributed by atoms with Gasteiger partial charge in [-0.1, -0.05) is 31.5 Å². The smallest absolute Gasteiger partial charge is 0.329 e. The fourth-order valence-electron chi connectivity index (χ4n) is 2.05. The van der Waals surface area contributed by atoms with Crippen LogP contribution in [-0.4, -0.2) is 21.8 Å². The Kier molecular flexibility index (Phi) is 4.47. The van der Waals surface area contributed by atoms with E-state index in [9.17, 15) is 10.1 Å². The highest BCUT2D eigenvalue weighted by Gasteiger charge is 2.27. The van der Waals surface area contributed by atoms with Crippen molar-refractivity contribution >= 4 is 17.3 Å². The van der Waals surface area contributed by atoms with Crippen LogP contribution in [0.25, 0.3) is 5.69 Å². The van der Waals surface area contributed by atoms with E-state index in [1.807, 2.05) is 13.8 Å². The summed E-state index contributed by atoms with van der Waals surface area (Å²) >= 11 is 6.16. The number of hydrogen-bond donors (Lipinski definition) is 0. The van der Waals surface area contributed by atoms with Gasteiger partial charge in [0.1, 0.15) is 11.4 Å². The monoisotopic (exact) mass is 309 g/mol. The third-order valence-corrected chi connectivity index (χ3v) is 3.30. The lowest BCUT2D eigenvalue weighted by molar-refractivity contribution is -0.385. The van der Waals surface area contributed by atoms with Gasteiger partial charge in [-0.15, -0.1) is 0 Å². The van der Waals surface area contributed by atoms with Crippen LogP contribution in [0, 0.1) is 16.0 Å². The van der Waals surface area contributed by atoms with E-state index in [0.29, 0.717) is 23.6 Å². The SMILES string of the molecule is COc1cccc(-n2nc(CC(C)C)c([N+](=O)[O-])c2Cl)c1. The normalized spacial score (nSPS) is 10.9. The molecule has 1 aromatic heterocycles. The standard InChI is InChI=1S/C14H16ClN3O3/c1-9(2)7-12-13(18(19)20)14(15)17(16-12)10-5-4-6-11(8-10)21-3/h4-6,8-9H,7H2,1-3H3.